The van der Waals surface area contributed by atoms with Crippen molar-refractivity contribution >= 4 is 22.2 Å². The number of hydrogen-bond donors (Lipinski definition) is 1. The molecule has 6 heteroatoms. The van der Waals surface area contributed by atoms with Crippen molar-refractivity contribution in [2.75, 3.05) is 25.6 Å². The molecule has 0 aliphatic carbocycles. The number of nitrogens with one attached hydrogen (secondary N) is 1. The number of rotatable bonds is 2. The van der Waals surface area contributed by atoms with Gasteiger partial charge in [0, 0.05) is 20.1 Å². The highest BCUT2D eigenvalue weighted by Crippen LogP contribution is 2.10. The largest absolute Gasteiger partial charge is 0.252 e. The smallest absolute Gasteiger partial charge is 0.151 e. The van der Waals surface area contributed by atoms with E-state index in [0.717, 1.165) is 6.42 Å². The summed E-state index contributed by atoms with van der Waals surface area (Å²) in [5, 5.41) is 1.80. The molecular formula is C6H15ClN2O2S. The van der Waals surface area contributed by atoms with Crippen LogP contribution in [0.1, 0.15) is 6.42 Å². The first-order valence-electron chi connectivity index (χ1n) is 3.63. The van der Waals surface area contributed by atoms with E-state index < -0.39 is 9.84 Å². The van der Waals surface area contributed by atoms with Crippen LogP contribution in [0.2, 0.25) is 0 Å². The molecule has 1 unspecified atom stereocenters. The van der Waals surface area contributed by atoms with Crippen molar-refractivity contribution in [2.24, 2.45) is 0 Å². The number of halogens is 1. The third-order valence-corrected chi connectivity index (χ3v) is 3.44. The molecule has 0 spiro atoms. The molecule has 0 radical (unpaired) electrons. The third kappa shape index (κ3) is 3.71. The Morgan fingerprint density at radius 1 is 1.42 bits per heavy atom. The van der Waals surface area contributed by atoms with Crippen molar-refractivity contribution in [3.8, 4) is 0 Å². The van der Waals surface area contributed by atoms with Crippen LogP contribution < -0.4 is 5.43 Å². The zero-order valence-corrected chi connectivity index (χ0v) is 8.91. The molecule has 0 saturated carbocycles. The van der Waals surface area contributed by atoms with E-state index in [0.29, 0.717) is 5.75 Å². The second-order valence-electron chi connectivity index (χ2n) is 3.12. The van der Waals surface area contributed by atoms with Crippen molar-refractivity contribution in [3.63, 3.8) is 0 Å². The highest BCUT2D eigenvalue weighted by Gasteiger charge is 2.27. The van der Waals surface area contributed by atoms with E-state index in [1.807, 2.05) is 14.1 Å². The predicted molar refractivity (Wildman–Crippen MR) is 51.1 cm³/mol. The molecule has 0 aromatic carbocycles. The number of sulfone groups is 1. The molecule has 74 valence electrons. The minimum Gasteiger partial charge on any atom is -0.252 e. The SMILES string of the molecule is CN(C)NC1CCS(=O)(=O)C1.Cl. The van der Waals surface area contributed by atoms with E-state index in [-0.39, 0.29) is 24.2 Å². The fourth-order valence-electron chi connectivity index (χ4n) is 1.26. The number of nitrogens with zero attached hydrogens (tertiary/aromatic N) is 1. The first-order valence-corrected chi connectivity index (χ1v) is 5.46. The van der Waals surface area contributed by atoms with Crippen molar-refractivity contribution < 1.29 is 8.42 Å². The van der Waals surface area contributed by atoms with Gasteiger partial charge in [-0.3, -0.25) is 10.4 Å². The van der Waals surface area contributed by atoms with Gasteiger partial charge in [0.1, 0.15) is 0 Å². The van der Waals surface area contributed by atoms with Crippen LogP contribution in [0.25, 0.3) is 0 Å². The van der Waals surface area contributed by atoms with Gasteiger partial charge in [0.2, 0.25) is 0 Å². The highest BCUT2D eigenvalue weighted by atomic mass is 35.5. The van der Waals surface area contributed by atoms with Crippen LogP contribution in [0.4, 0.5) is 0 Å². The van der Waals surface area contributed by atoms with Crippen LogP contribution in [0.5, 0.6) is 0 Å². The zero-order valence-electron chi connectivity index (χ0n) is 7.28. The van der Waals surface area contributed by atoms with E-state index in [2.05, 4.69) is 5.43 Å². The summed E-state index contributed by atoms with van der Waals surface area (Å²) in [5.41, 5.74) is 3.05. The molecule has 1 aliphatic rings. The summed E-state index contributed by atoms with van der Waals surface area (Å²) < 4.78 is 21.9. The van der Waals surface area contributed by atoms with Gasteiger partial charge in [0.15, 0.2) is 9.84 Å². The Balaban J connectivity index is 0.00000121. The molecule has 0 aromatic rings. The van der Waals surface area contributed by atoms with Gasteiger partial charge in [-0.15, -0.1) is 12.4 Å². The Morgan fingerprint density at radius 3 is 2.33 bits per heavy atom. The van der Waals surface area contributed by atoms with Crippen LogP contribution in [0.15, 0.2) is 0 Å². The van der Waals surface area contributed by atoms with Gasteiger partial charge in [-0.2, -0.15) is 0 Å². The van der Waals surface area contributed by atoms with E-state index in [9.17, 15) is 8.42 Å². The Kier molecular flexibility index (Phi) is 4.47. The molecule has 1 aliphatic heterocycles. The summed E-state index contributed by atoms with van der Waals surface area (Å²) in [6.45, 7) is 0. The number of hydrogen-bond acceptors (Lipinski definition) is 4. The molecule has 1 saturated heterocycles. The van der Waals surface area contributed by atoms with E-state index >= 15 is 0 Å². The standard InChI is InChI=1S/C6H14N2O2S.ClH/c1-8(2)7-6-3-4-11(9,10)5-6;/h6-7H,3-5H2,1-2H3;1H. The normalized spacial score (nSPS) is 27.1. The molecule has 0 aromatic heterocycles. The van der Waals surface area contributed by atoms with Gasteiger partial charge in [-0.25, -0.2) is 8.42 Å². The maximum absolute atomic E-state index is 11.0. The molecule has 4 nitrogen and oxygen atoms in total. The van der Waals surface area contributed by atoms with Gasteiger partial charge in [-0.1, -0.05) is 0 Å². The van der Waals surface area contributed by atoms with Crippen molar-refractivity contribution in [3.05, 3.63) is 0 Å². The first-order chi connectivity index (χ1) is 4.99. The van der Waals surface area contributed by atoms with Crippen LogP contribution in [-0.2, 0) is 9.84 Å². The topological polar surface area (TPSA) is 49.4 Å². The van der Waals surface area contributed by atoms with Crippen LogP contribution in [0, 0.1) is 0 Å². The quantitative estimate of drug-likeness (QED) is 0.640. The lowest BCUT2D eigenvalue weighted by molar-refractivity contribution is 0.252. The fourth-order valence-corrected chi connectivity index (χ4v) is 2.93. The lowest BCUT2D eigenvalue weighted by Crippen LogP contribution is -2.40. The molecule has 0 bridgehead atoms. The van der Waals surface area contributed by atoms with E-state index in [1.165, 1.54) is 0 Å². The van der Waals surface area contributed by atoms with Crippen molar-refractivity contribution in [1.82, 2.24) is 10.4 Å². The first kappa shape index (κ1) is 12.2. The molecular weight excluding hydrogens is 200 g/mol. The maximum atomic E-state index is 11.0. The monoisotopic (exact) mass is 214 g/mol. The summed E-state index contributed by atoms with van der Waals surface area (Å²) >= 11 is 0. The molecule has 1 heterocycles. The fraction of sp³-hybridized carbons (Fsp3) is 1.00. The molecule has 1 N–H and O–H groups in total. The summed E-state index contributed by atoms with van der Waals surface area (Å²) in [4.78, 5) is 0. The molecule has 12 heavy (non-hydrogen) atoms. The Bertz CT molecular complexity index is 228. The maximum Gasteiger partial charge on any atom is 0.151 e. The zero-order chi connectivity index (χ0) is 8.48. The lowest BCUT2D eigenvalue weighted by atomic mass is 10.3. The lowest BCUT2D eigenvalue weighted by Gasteiger charge is -2.16. The Morgan fingerprint density at radius 2 is 2.00 bits per heavy atom. The van der Waals surface area contributed by atoms with E-state index in [1.54, 1.807) is 5.01 Å². The summed E-state index contributed by atoms with van der Waals surface area (Å²) in [6, 6.07) is 0.120. The summed E-state index contributed by atoms with van der Waals surface area (Å²) in [6.07, 6.45) is 0.737. The average Bonchev–Trinajstić information content (AvgIpc) is 2.08. The second kappa shape index (κ2) is 4.41. The van der Waals surface area contributed by atoms with Gasteiger partial charge in [0.25, 0.3) is 0 Å². The number of hydrazine groups is 1. The van der Waals surface area contributed by atoms with Gasteiger partial charge in [-0.05, 0) is 6.42 Å². The average molecular weight is 215 g/mol. The van der Waals surface area contributed by atoms with E-state index in [4.69, 9.17) is 0 Å². The minimum absolute atomic E-state index is 0. The van der Waals surface area contributed by atoms with Crippen LogP contribution >= 0.6 is 12.4 Å². The van der Waals surface area contributed by atoms with Gasteiger partial charge < -0.3 is 0 Å². The summed E-state index contributed by atoms with van der Waals surface area (Å²) in [5.74, 6) is 0.615. The molecule has 0 amide bonds. The summed E-state index contributed by atoms with van der Waals surface area (Å²) in [7, 11) is 1.00. The minimum atomic E-state index is -2.73. The predicted octanol–water partition coefficient (Wildman–Crippen LogP) is -0.339. The Hall–Kier alpha value is 0.160. The van der Waals surface area contributed by atoms with Gasteiger partial charge >= 0.3 is 0 Å². The van der Waals surface area contributed by atoms with Crippen LogP contribution in [0.3, 0.4) is 0 Å². The second-order valence-corrected chi connectivity index (χ2v) is 5.35. The van der Waals surface area contributed by atoms with Crippen LogP contribution in [-0.4, -0.2) is 45.1 Å². The van der Waals surface area contributed by atoms with Gasteiger partial charge in [0.05, 0.1) is 11.5 Å². The Labute approximate surface area is 79.6 Å². The van der Waals surface area contributed by atoms with Crippen molar-refractivity contribution in [1.29, 1.82) is 0 Å². The third-order valence-electron chi connectivity index (χ3n) is 1.67. The molecule has 1 atom stereocenters. The molecule has 1 fully saturated rings. The highest BCUT2D eigenvalue weighted by molar-refractivity contribution is 7.91. The van der Waals surface area contributed by atoms with Crippen molar-refractivity contribution in [2.45, 2.75) is 12.5 Å². The molecule has 1 rings (SSSR count).